The molecule has 2 aliphatic rings. The minimum absolute atomic E-state index is 0.0205. The molecule has 2 heterocycles. The second-order valence-electron chi connectivity index (χ2n) is 7.17. The van der Waals surface area contributed by atoms with Gasteiger partial charge in [0.1, 0.15) is 0 Å². The van der Waals surface area contributed by atoms with Gasteiger partial charge in [0, 0.05) is 31.6 Å². The van der Waals surface area contributed by atoms with E-state index in [-0.39, 0.29) is 30.2 Å². The van der Waals surface area contributed by atoms with Crippen LogP contribution in [0.5, 0.6) is 0 Å². The molecule has 0 aromatic heterocycles. The van der Waals surface area contributed by atoms with Gasteiger partial charge in [0.2, 0.25) is 11.8 Å². The van der Waals surface area contributed by atoms with Gasteiger partial charge in [-0.2, -0.15) is 0 Å². The summed E-state index contributed by atoms with van der Waals surface area (Å²) >= 11 is 6.13. The quantitative estimate of drug-likeness (QED) is 0.893. The number of nitrogens with one attached hydrogen (secondary N) is 1. The Morgan fingerprint density at radius 3 is 2.92 bits per heavy atom. The fourth-order valence-corrected chi connectivity index (χ4v) is 4.39. The highest BCUT2D eigenvalue weighted by molar-refractivity contribution is 6.30. The van der Waals surface area contributed by atoms with Gasteiger partial charge in [0.05, 0.1) is 12.0 Å². The van der Waals surface area contributed by atoms with Crippen LogP contribution in [0, 0.1) is 11.8 Å². The molecular weight excluding hydrogens is 338 g/mol. The Balaban J connectivity index is 1.81. The Labute approximate surface area is 154 Å². The van der Waals surface area contributed by atoms with E-state index in [1.54, 1.807) is 11.9 Å². The molecule has 25 heavy (non-hydrogen) atoms. The van der Waals surface area contributed by atoms with Gasteiger partial charge in [-0.15, -0.1) is 0 Å². The highest BCUT2D eigenvalue weighted by Crippen LogP contribution is 2.39. The minimum Gasteiger partial charge on any atom is -0.342 e. The monoisotopic (exact) mass is 363 g/mol. The van der Waals surface area contributed by atoms with Crippen LogP contribution in [0.4, 0.5) is 0 Å². The first kappa shape index (κ1) is 18.2. The lowest BCUT2D eigenvalue weighted by atomic mass is 9.90. The lowest BCUT2D eigenvalue weighted by Crippen LogP contribution is -2.45. The molecule has 0 bridgehead atoms. The summed E-state index contributed by atoms with van der Waals surface area (Å²) in [6, 6.07) is 7.27. The SMILES string of the molecule is CNCC1CCCN(C(=O)C2CC(=O)N(C)C2c2cccc(Cl)c2)C1. The number of halogens is 1. The molecule has 6 heteroatoms. The van der Waals surface area contributed by atoms with E-state index in [9.17, 15) is 9.59 Å². The summed E-state index contributed by atoms with van der Waals surface area (Å²) in [5, 5.41) is 3.83. The van der Waals surface area contributed by atoms with Crippen LogP contribution < -0.4 is 5.32 Å². The van der Waals surface area contributed by atoms with Crippen LogP contribution in [0.1, 0.15) is 30.9 Å². The summed E-state index contributed by atoms with van der Waals surface area (Å²) in [5.74, 6) is 0.280. The summed E-state index contributed by atoms with van der Waals surface area (Å²) in [5.41, 5.74) is 0.933. The number of hydrogen-bond acceptors (Lipinski definition) is 3. The third-order valence-electron chi connectivity index (χ3n) is 5.42. The van der Waals surface area contributed by atoms with Crippen molar-refractivity contribution in [1.82, 2.24) is 15.1 Å². The lowest BCUT2D eigenvalue weighted by Gasteiger charge is -2.36. The lowest BCUT2D eigenvalue weighted by molar-refractivity contribution is -0.138. The maximum Gasteiger partial charge on any atom is 0.228 e. The summed E-state index contributed by atoms with van der Waals surface area (Å²) in [6.07, 6.45) is 2.45. The Morgan fingerprint density at radius 1 is 1.40 bits per heavy atom. The molecule has 0 spiro atoms. The molecule has 2 aliphatic heterocycles. The molecule has 136 valence electrons. The molecule has 3 atom stereocenters. The van der Waals surface area contributed by atoms with E-state index >= 15 is 0 Å². The number of nitrogens with zero attached hydrogens (tertiary/aromatic N) is 2. The van der Waals surface area contributed by atoms with Crippen LogP contribution in [0.15, 0.2) is 24.3 Å². The second kappa shape index (κ2) is 7.75. The first-order valence-corrected chi connectivity index (χ1v) is 9.33. The predicted molar refractivity (Wildman–Crippen MR) is 98.3 cm³/mol. The molecule has 0 aliphatic carbocycles. The number of likely N-dealkylation sites (tertiary alicyclic amines) is 2. The highest BCUT2D eigenvalue weighted by Gasteiger charge is 2.44. The van der Waals surface area contributed by atoms with Crippen LogP contribution in [0.2, 0.25) is 5.02 Å². The molecule has 1 N–H and O–H groups in total. The van der Waals surface area contributed by atoms with E-state index in [1.165, 1.54) is 0 Å². The molecule has 5 nitrogen and oxygen atoms in total. The molecule has 0 radical (unpaired) electrons. The highest BCUT2D eigenvalue weighted by atomic mass is 35.5. The van der Waals surface area contributed by atoms with E-state index in [0.717, 1.165) is 38.0 Å². The summed E-state index contributed by atoms with van der Waals surface area (Å²) < 4.78 is 0. The fourth-order valence-electron chi connectivity index (χ4n) is 4.19. The zero-order valence-electron chi connectivity index (χ0n) is 14.9. The van der Waals surface area contributed by atoms with Gasteiger partial charge < -0.3 is 15.1 Å². The van der Waals surface area contributed by atoms with Crippen molar-refractivity contribution in [3.8, 4) is 0 Å². The number of piperidine rings is 1. The number of carbonyl (C=O) groups excluding carboxylic acids is 2. The van der Waals surface area contributed by atoms with Crippen LogP contribution in [0.3, 0.4) is 0 Å². The maximum atomic E-state index is 13.2. The van der Waals surface area contributed by atoms with E-state index < -0.39 is 0 Å². The Hall–Kier alpha value is -1.59. The average Bonchev–Trinajstić information content (AvgIpc) is 2.90. The van der Waals surface area contributed by atoms with Gasteiger partial charge in [-0.05, 0) is 50.0 Å². The van der Waals surface area contributed by atoms with Crippen molar-refractivity contribution >= 4 is 23.4 Å². The van der Waals surface area contributed by atoms with Crippen LogP contribution in [-0.4, -0.2) is 55.3 Å². The van der Waals surface area contributed by atoms with Crippen LogP contribution in [-0.2, 0) is 9.59 Å². The topological polar surface area (TPSA) is 52.7 Å². The molecule has 1 aromatic rings. The van der Waals surface area contributed by atoms with Gasteiger partial charge in [0.25, 0.3) is 0 Å². The first-order valence-electron chi connectivity index (χ1n) is 8.95. The zero-order valence-corrected chi connectivity index (χ0v) is 15.6. The van der Waals surface area contributed by atoms with E-state index in [0.29, 0.717) is 10.9 Å². The van der Waals surface area contributed by atoms with Crippen molar-refractivity contribution in [2.24, 2.45) is 11.8 Å². The molecule has 0 saturated carbocycles. The fraction of sp³-hybridized carbons (Fsp3) is 0.579. The molecule has 2 saturated heterocycles. The second-order valence-corrected chi connectivity index (χ2v) is 7.60. The molecular formula is C19H26ClN3O2. The molecule has 1 aromatic carbocycles. The van der Waals surface area contributed by atoms with Gasteiger partial charge in [-0.1, -0.05) is 23.7 Å². The predicted octanol–water partition coefficient (Wildman–Crippen LogP) is 2.32. The zero-order chi connectivity index (χ0) is 18.0. The van der Waals surface area contributed by atoms with Gasteiger partial charge in [-0.25, -0.2) is 0 Å². The third-order valence-corrected chi connectivity index (χ3v) is 5.65. The van der Waals surface area contributed by atoms with Crippen molar-refractivity contribution in [3.05, 3.63) is 34.9 Å². The number of carbonyl (C=O) groups is 2. The molecule has 3 rings (SSSR count). The molecule has 3 unspecified atom stereocenters. The van der Waals surface area contributed by atoms with Crippen molar-refractivity contribution in [3.63, 3.8) is 0 Å². The average molecular weight is 364 g/mol. The number of benzene rings is 1. The normalized spacial score (nSPS) is 27.0. The Bertz CT molecular complexity index is 649. The largest absolute Gasteiger partial charge is 0.342 e. The Kier molecular flexibility index (Phi) is 5.64. The molecule has 2 amide bonds. The van der Waals surface area contributed by atoms with E-state index in [4.69, 9.17) is 11.6 Å². The van der Waals surface area contributed by atoms with Gasteiger partial charge >= 0.3 is 0 Å². The van der Waals surface area contributed by atoms with E-state index in [1.807, 2.05) is 36.2 Å². The van der Waals surface area contributed by atoms with Gasteiger partial charge in [-0.3, -0.25) is 9.59 Å². The van der Waals surface area contributed by atoms with Crippen LogP contribution >= 0.6 is 11.6 Å². The van der Waals surface area contributed by atoms with Gasteiger partial charge in [0.15, 0.2) is 0 Å². The van der Waals surface area contributed by atoms with Crippen molar-refractivity contribution in [2.45, 2.75) is 25.3 Å². The first-order chi connectivity index (χ1) is 12.0. The smallest absolute Gasteiger partial charge is 0.228 e. The third kappa shape index (κ3) is 3.82. The van der Waals surface area contributed by atoms with Crippen molar-refractivity contribution in [1.29, 1.82) is 0 Å². The van der Waals surface area contributed by atoms with E-state index in [2.05, 4.69) is 5.32 Å². The minimum atomic E-state index is -0.329. The van der Waals surface area contributed by atoms with Crippen molar-refractivity contribution < 1.29 is 9.59 Å². The Morgan fingerprint density at radius 2 is 2.20 bits per heavy atom. The number of hydrogen-bond donors (Lipinski definition) is 1. The standard InChI is InChI=1S/C19H26ClN3O2/c1-21-11-13-5-4-8-23(12-13)19(25)16-10-17(24)22(2)18(16)14-6-3-7-15(20)9-14/h3,6-7,9,13,16,18,21H,4-5,8,10-12H2,1-2H3. The van der Waals surface area contributed by atoms with Crippen LogP contribution in [0.25, 0.3) is 0 Å². The summed E-state index contributed by atoms with van der Waals surface area (Å²) in [7, 11) is 3.72. The number of rotatable bonds is 4. The summed E-state index contributed by atoms with van der Waals surface area (Å²) in [4.78, 5) is 29.2. The maximum absolute atomic E-state index is 13.2. The number of amides is 2. The molecule has 2 fully saturated rings. The van der Waals surface area contributed by atoms with Crippen molar-refractivity contribution in [2.75, 3.05) is 33.7 Å². The summed E-state index contributed by atoms with van der Waals surface area (Å²) in [6.45, 7) is 2.48.